The van der Waals surface area contributed by atoms with Gasteiger partial charge in [-0.2, -0.15) is 0 Å². The standard InChI is InChI=1S/C21H25N3O2/c1-16-6-8-17(9-7-16)21(10-11-21)23-20(25)22-18-4-2-3-5-19(18)24-12-14-26-15-13-24/h2-9H,10-15H2,1H3,(H2,22,23,25). The molecule has 1 saturated carbocycles. The van der Waals surface area contributed by atoms with Gasteiger partial charge in [-0.05, 0) is 37.5 Å². The molecule has 2 N–H and O–H groups in total. The second-order valence-corrected chi connectivity index (χ2v) is 7.14. The van der Waals surface area contributed by atoms with Crippen LogP contribution < -0.4 is 15.5 Å². The Kier molecular flexibility index (Phi) is 4.55. The number of urea groups is 1. The average molecular weight is 351 g/mol. The second kappa shape index (κ2) is 7.00. The van der Waals surface area contributed by atoms with E-state index in [2.05, 4.69) is 46.7 Å². The molecule has 1 heterocycles. The number of nitrogens with zero attached hydrogens (tertiary/aromatic N) is 1. The maximum atomic E-state index is 12.7. The fourth-order valence-corrected chi connectivity index (χ4v) is 3.51. The van der Waals surface area contributed by atoms with Gasteiger partial charge < -0.3 is 20.3 Å². The van der Waals surface area contributed by atoms with E-state index in [9.17, 15) is 4.79 Å². The molecule has 4 rings (SSSR count). The zero-order chi connectivity index (χ0) is 18.0. The molecule has 0 spiro atoms. The summed E-state index contributed by atoms with van der Waals surface area (Å²) in [7, 11) is 0. The highest BCUT2D eigenvalue weighted by atomic mass is 16.5. The number of morpholine rings is 1. The fourth-order valence-electron chi connectivity index (χ4n) is 3.51. The van der Waals surface area contributed by atoms with Gasteiger partial charge in [0.25, 0.3) is 0 Å². The molecule has 0 atom stereocenters. The lowest BCUT2D eigenvalue weighted by atomic mass is 10.0. The SMILES string of the molecule is Cc1ccc(C2(NC(=O)Nc3ccccc3N3CCOCC3)CC2)cc1. The lowest BCUT2D eigenvalue weighted by molar-refractivity contribution is 0.123. The van der Waals surface area contributed by atoms with E-state index in [0.717, 1.165) is 50.5 Å². The predicted octanol–water partition coefficient (Wildman–Crippen LogP) is 3.64. The first-order chi connectivity index (χ1) is 12.7. The van der Waals surface area contributed by atoms with Crippen molar-refractivity contribution in [3.05, 3.63) is 59.7 Å². The van der Waals surface area contributed by atoms with Gasteiger partial charge in [0.2, 0.25) is 0 Å². The summed E-state index contributed by atoms with van der Waals surface area (Å²) >= 11 is 0. The number of hydrogen-bond donors (Lipinski definition) is 2. The van der Waals surface area contributed by atoms with Crippen LogP contribution in [0.25, 0.3) is 0 Å². The van der Waals surface area contributed by atoms with Crippen LogP contribution >= 0.6 is 0 Å². The van der Waals surface area contributed by atoms with Crippen molar-refractivity contribution in [3.8, 4) is 0 Å². The van der Waals surface area contributed by atoms with E-state index in [-0.39, 0.29) is 11.6 Å². The predicted molar refractivity (Wildman–Crippen MR) is 104 cm³/mol. The molecular formula is C21H25N3O2. The minimum absolute atomic E-state index is 0.149. The van der Waals surface area contributed by atoms with Gasteiger partial charge in [0.05, 0.1) is 30.1 Å². The summed E-state index contributed by atoms with van der Waals surface area (Å²) < 4.78 is 5.43. The van der Waals surface area contributed by atoms with Crippen LogP contribution in [0.5, 0.6) is 0 Å². The number of rotatable bonds is 4. The minimum atomic E-state index is -0.217. The van der Waals surface area contributed by atoms with Crippen molar-refractivity contribution in [3.63, 3.8) is 0 Å². The number of para-hydroxylation sites is 2. The molecule has 0 radical (unpaired) electrons. The van der Waals surface area contributed by atoms with Crippen LogP contribution in [0.3, 0.4) is 0 Å². The van der Waals surface area contributed by atoms with Crippen LogP contribution in [-0.4, -0.2) is 32.3 Å². The Morgan fingerprint density at radius 2 is 1.73 bits per heavy atom. The third-order valence-corrected chi connectivity index (χ3v) is 5.21. The van der Waals surface area contributed by atoms with E-state index in [1.54, 1.807) is 0 Å². The average Bonchev–Trinajstić information content (AvgIpc) is 3.44. The number of ether oxygens (including phenoxy) is 1. The number of benzene rings is 2. The van der Waals surface area contributed by atoms with Gasteiger partial charge in [-0.15, -0.1) is 0 Å². The van der Waals surface area contributed by atoms with Gasteiger partial charge in [-0.3, -0.25) is 0 Å². The molecular weight excluding hydrogens is 326 g/mol. The summed E-state index contributed by atoms with van der Waals surface area (Å²) in [5, 5.41) is 6.24. The van der Waals surface area contributed by atoms with Gasteiger partial charge in [0.1, 0.15) is 0 Å². The summed E-state index contributed by atoms with van der Waals surface area (Å²) in [6.07, 6.45) is 1.96. The van der Waals surface area contributed by atoms with Crippen molar-refractivity contribution >= 4 is 17.4 Å². The number of anilines is 2. The first-order valence-corrected chi connectivity index (χ1v) is 9.24. The van der Waals surface area contributed by atoms with E-state index in [1.165, 1.54) is 11.1 Å². The van der Waals surface area contributed by atoms with Crippen LogP contribution in [0.2, 0.25) is 0 Å². The third kappa shape index (κ3) is 3.53. The van der Waals surface area contributed by atoms with Crippen molar-refractivity contribution in [2.24, 2.45) is 0 Å². The van der Waals surface area contributed by atoms with Crippen molar-refractivity contribution in [2.45, 2.75) is 25.3 Å². The van der Waals surface area contributed by atoms with E-state index in [0.29, 0.717) is 0 Å². The highest BCUT2D eigenvalue weighted by Gasteiger charge is 2.45. The molecule has 2 aromatic carbocycles. The molecule has 0 bridgehead atoms. The molecule has 1 saturated heterocycles. The molecule has 136 valence electrons. The Bertz CT molecular complexity index is 778. The number of aryl methyl sites for hydroxylation is 1. The topological polar surface area (TPSA) is 53.6 Å². The zero-order valence-corrected chi connectivity index (χ0v) is 15.1. The van der Waals surface area contributed by atoms with Gasteiger partial charge in [0, 0.05) is 13.1 Å². The summed E-state index contributed by atoms with van der Waals surface area (Å²) in [5.41, 5.74) is 4.08. The van der Waals surface area contributed by atoms with E-state index < -0.39 is 0 Å². The number of nitrogens with one attached hydrogen (secondary N) is 2. The van der Waals surface area contributed by atoms with E-state index in [4.69, 9.17) is 4.74 Å². The van der Waals surface area contributed by atoms with Crippen LogP contribution in [-0.2, 0) is 10.3 Å². The van der Waals surface area contributed by atoms with Gasteiger partial charge in [-0.25, -0.2) is 4.79 Å². The maximum absolute atomic E-state index is 12.7. The number of amides is 2. The van der Waals surface area contributed by atoms with Crippen molar-refractivity contribution in [1.29, 1.82) is 0 Å². The van der Waals surface area contributed by atoms with Gasteiger partial charge in [0.15, 0.2) is 0 Å². The van der Waals surface area contributed by atoms with Gasteiger partial charge in [-0.1, -0.05) is 42.0 Å². The van der Waals surface area contributed by atoms with Crippen LogP contribution in [0.15, 0.2) is 48.5 Å². The van der Waals surface area contributed by atoms with Crippen LogP contribution in [0, 0.1) is 6.92 Å². The number of carbonyl (C=O) groups excluding carboxylic acids is 1. The highest BCUT2D eigenvalue weighted by molar-refractivity contribution is 5.94. The van der Waals surface area contributed by atoms with Crippen molar-refractivity contribution in [2.75, 3.05) is 36.5 Å². The minimum Gasteiger partial charge on any atom is -0.378 e. The van der Waals surface area contributed by atoms with E-state index in [1.807, 2.05) is 24.3 Å². The smallest absolute Gasteiger partial charge is 0.319 e. The molecule has 1 aliphatic heterocycles. The molecule has 0 unspecified atom stereocenters. The summed E-state index contributed by atoms with van der Waals surface area (Å²) in [6, 6.07) is 16.2. The Labute approximate surface area is 154 Å². The Morgan fingerprint density at radius 1 is 1.04 bits per heavy atom. The molecule has 1 aliphatic carbocycles. The third-order valence-electron chi connectivity index (χ3n) is 5.21. The lowest BCUT2D eigenvalue weighted by Crippen LogP contribution is -2.39. The Morgan fingerprint density at radius 3 is 2.42 bits per heavy atom. The van der Waals surface area contributed by atoms with Gasteiger partial charge >= 0.3 is 6.03 Å². The number of hydrogen-bond acceptors (Lipinski definition) is 3. The second-order valence-electron chi connectivity index (χ2n) is 7.14. The summed E-state index contributed by atoms with van der Waals surface area (Å²) in [4.78, 5) is 14.9. The Hall–Kier alpha value is -2.53. The van der Waals surface area contributed by atoms with Crippen LogP contribution in [0.4, 0.5) is 16.2 Å². The molecule has 5 nitrogen and oxygen atoms in total. The zero-order valence-electron chi connectivity index (χ0n) is 15.1. The molecule has 2 aliphatic rings. The molecule has 26 heavy (non-hydrogen) atoms. The summed E-state index contributed by atoms with van der Waals surface area (Å²) in [5.74, 6) is 0. The first kappa shape index (κ1) is 16.9. The van der Waals surface area contributed by atoms with Crippen LogP contribution in [0.1, 0.15) is 24.0 Å². The maximum Gasteiger partial charge on any atom is 0.319 e. The fraction of sp³-hybridized carbons (Fsp3) is 0.381. The van der Waals surface area contributed by atoms with E-state index >= 15 is 0 Å². The summed E-state index contributed by atoms with van der Waals surface area (Å²) in [6.45, 7) is 5.20. The first-order valence-electron chi connectivity index (χ1n) is 9.24. The molecule has 5 heteroatoms. The lowest BCUT2D eigenvalue weighted by Gasteiger charge is -2.30. The largest absolute Gasteiger partial charge is 0.378 e. The normalized spacial score (nSPS) is 18.3. The molecule has 2 amide bonds. The molecule has 2 fully saturated rings. The quantitative estimate of drug-likeness (QED) is 0.884. The molecule has 0 aromatic heterocycles. The number of carbonyl (C=O) groups is 1. The Balaban J connectivity index is 1.46. The van der Waals surface area contributed by atoms with Crippen molar-refractivity contribution < 1.29 is 9.53 Å². The molecule has 2 aromatic rings. The highest BCUT2D eigenvalue weighted by Crippen LogP contribution is 2.45. The monoisotopic (exact) mass is 351 g/mol. The van der Waals surface area contributed by atoms with Crippen molar-refractivity contribution in [1.82, 2.24) is 5.32 Å².